The lowest BCUT2D eigenvalue weighted by Crippen LogP contribution is -2.64. The maximum absolute atomic E-state index is 13.7. The van der Waals surface area contributed by atoms with Crippen LogP contribution in [0.3, 0.4) is 0 Å². The number of methoxy groups -OCH3 is 1. The molecule has 8 rings (SSSR count). The van der Waals surface area contributed by atoms with E-state index >= 15 is 0 Å². The number of hydrogen-bond donors (Lipinski definition) is 1. The molecule has 4 saturated carbocycles. The molecule has 2 atom stereocenters. The average Bonchev–Trinajstić information content (AvgIpc) is 3.42. The number of aliphatic hydroxyl groups excluding tert-OH is 1. The minimum absolute atomic E-state index is 0.0411. The van der Waals surface area contributed by atoms with Crippen LogP contribution in [0.1, 0.15) is 110 Å². The summed E-state index contributed by atoms with van der Waals surface area (Å²) in [5.41, 5.74) is 5.69. The fourth-order valence-corrected chi connectivity index (χ4v) is 11.1. The van der Waals surface area contributed by atoms with Gasteiger partial charge in [-0.05, 0) is 104 Å². The van der Waals surface area contributed by atoms with E-state index in [1.54, 1.807) is 6.07 Å². The molecule has 0 spiro atoms. The SMILES string of the molecule is CCCCOC(=O)c1nc(N2CCc3cccc(C(=O)OC)c3C2)ccc1-c1cnn(CC23CC4(C)CC(C)(C2)CC(OCCO)(C4)C3)c1C. The normalized spacial score (nSPS) is 28.1. The van der Waals surface area contributed by atoms with Crippen LogP contribution >= 0.6 is 0 Å². The first-order valence-electron chi connectivity index (χ1n) is 18.3. The summed E-state index contributed by atoms with van der Waals surface area (Å²) in [5.74, 6) is -0.140. The van der Waals surface area contributed by atoms with Crippen LogP contribution in [0.15, 0.2) is 36.5 Å². The molecule has 0 radical (unpaired) electrons. The van der Waals surface area contributed by atoms with Gasteiger partial charge in [-0.3, -0.25) is 4.68 Å². The highest BCUT2D eigenvalue weighted by atomic mass is 16.5. The van der Waals surface area contributed by atoms with Gasteiger partial charge in [0.1, 0.15) is 5.82 Å². The number of rotatable bonds is 12. The van der Waals surface area contributed by atoms with Gasteiger partial charge in [-0.2, -0.15) is 5.10 Å². The summed E-state index contributed by atoms with van der Waals surface area (Å²) in [6, 6.07) is 9.68. The molecule has 10 nitrogen and oxygen atoms in total. The second-order valence-electron chi connectivity index (χ2n) is 16.4. The van der Waals surface area contributed by atoms with Gasteiger partial charge >= 0.3 is 11.9 Å². The van der Waals surface area contributed by atoms with Crippen LogP contribution in [-0.2, 0) is 33.7 Å². The highest BCUT2D eigenvalue weighted by Gasteiger charge is 2.66. The number of carbonyl (C=O) groups excluding carboxylic acids is 2. The van der Waals surface area contributed by atoms with E-state index < -0.39 is 5.97 Å². The number of anilines is 1. The van der Waals surface area contributed by atoms with Crippen molar-refractivity contribution in [3.05, 3.63) is 64.6 Å². The van der Waals surface area contributed by atoms with E-state index in [0.717, 1.165) is 80.3 Å². The topological polar surface area (TPSA) is 116 Å². The Hall–Kier alpha value is -3.76. The molecule has 4 bridgehead atoms. The molecule has 3 aromatic rings. The maximum Gasteiger partial charge on any atom is 0.357 e. The van der Waals surface area contributed by atoms with Crippen molar-refractivity contribution >= 4 is 17.8 Å². The summed E-state index contributed by atoms with van der Waals surface area (Å²) in [7, 11) is 1.40. The number of ether oxygens (including phenoxy) is 3. The van der Waals surface area contributed by atoms with Crippen molar-refractivity contribution in [2.45, 2.75) is 104 Å². The van der Waals surface area contributed by atoms with Crippen LogP contribution in [0.5, 0.6) is 0 Å². The zero-order chi connectivity index (χ0) is 35.3. The highest BCUT2D eigenvalue weighted by Crippen LogP contribution is 2.72. The molecule has 0 saturated heterocycles. The third kappa shape index (κ3) is 6.34. The molecular formula is C40H52N4O6. The van der Waals surface area contributed by atoms with E-state index in [1.807, 2.05) is 24.4 Å². The van der Waals surface area contributed by atoms with Gasteiger partial charge in [0, 0.05) is 36.5 Å². The summed E-state index contributed by atoms with van der Waals surface area (Å²) in [4.78, 5) is 33.4. The van der Waals surface area contributed by atoms with Gasteiger partial charge in [0.2, 0.25) is 0 Å². The molecule has 4 fully saturated rings. The first-order chi connectivity index (χ1) is 23.9. The van der Waals surface area contributed by atoms with E-state index in [0.29, 0.717) is 43.2 Å². The van der Waals surface area contributed by atoms with Crippen LogP contribution in [0.4, 0.5) is 5.82 Å². The summed E-state index contributed by atoms with van der Waals surface area (Å²) >= 11 is 0. The van der Waals surface area contributed by atoms with E-state index in [9.17, 15) is 14.7 Å². The number of benzene rings is 1. The molecule has 1 aliphatic heterocycles. The van der Waals surface area contributed by atoms with Gasteiger partial charge in [0.15, 0.2) is 5.69 Å². The average molecular weight is 685 g/mol. The van der Waals surface area contributed by atoms with Crippen LogP contribution in [0, 0.1) is 23.2 Å². The summed E-state index contributed by atoms with van der Waals surface area (Å²) in [5, 5.41) is 14.6. The fraction of sp³-hybridized carbons (Fsp3) is 0.600. The molecule has 1 N–H and O–H groups in total. The van der Waals surface area contributed by atoms with Crippen LogP contribution < -0.4 is 4.90 Å². The lowest BCUT2D eigenvalue weighted by Gasteiger charge is -2.69. The number of esters is 2. The van der Waals surface area contributed by atoms with E-state index in [4.69, 9.17) is 24.3 Å². The van der Waals surface area contributed by atoms with Crippen LogP contribution in [0.2, 0.25) is 0 Å². The Balaban J connectivity index is 1.20. The number of carbonyl (C=O) groups is 2. The van der Waals surface area contributed by atoms with E-state index in [1.165, 1.54) is 13.5 Å². The largest absolute Gasteiger partial charge is 0.465 e. The Morgan fingerprint density at radius 2 is 1.74 bits per heavy atom. The number of aliphatic hydroxyl groups is 1. The van der Waals surface area contributed by atoms with Crippen LogP contribution in [-0.4, -0.2) is 70.9 Å². The smallest absolute Gasteiger partial charge is 0.357 e. The second kappa shape index (κ2) is 13.1. The Morgan fingerprint density at radius 3 is 2.46 bits per heavy atom. The molecule has 268 valence electrons. The standard InChI is InChI=1S/C40H52N4O6/c1-6-7-16-49-36(47)34-29(11-12-33(42-34)43-14-13-28-9-8-10-30(32(28)19-43)35(46)48-5)31-18-41-44(27(31)2)26-39-21-37(3)20-38(4,22-39)24-40(23-37,25-39)50-17-15-45/h8-12,18,45H,6-7,13-17,19-26H2,1-5H3. The minimum Gasteiger partial charge on any atom is -0.465 e. The molecule has 0 amide bonds. The number of fused-ring (bicyclic) bond motifs is 1. The van der Waals surface area contributed by atoms with Crippen molar-refractivity contribution < 1.29 is 28.9 Å². The highest BCUT2D eigenvalue weighted by molar-refractivity contribution is 5.96. The Labute approximate surface area is 295 Å². The van der Waals surface area contributed by atoms with Gasteiger partial charge in [-0.1, -0.05) is 39.3 Å². The third-order valence-electron chi connectivity index (χ3n) is 11.8. The van der Waals surface area contributed by atoms with Crippen molar-refractivity contribution in [3.63, 3.8) is 0 Å². The summed E-state index contributed by atoms with van der Waals surface area (Å²) in [6.07, 6.45) is 10.9. The van der Waals surface area contributed by atoms with Gasteiger partial charge in [0.05, 0.1) is 44.3 Å². The molecule has 5 aliphatic rings. The zero-order valence-electron chi connectivity index (χ0n) is 30.3. The minimum atomic E-state index is -0.444. The number of aromatic nitrogens is 3. The quantitative estimate of drug-likeness (QED) is 0.165. The van der Waals surface area contributed by atoms with Crippen molar-refractivity contribution in [2.75, 3.05) is 38.4 Å². The van der Waals surface area contributed by atoms with E-state index in [2.05, 4.69) is 43.3 Å². The van der Waals surface area contributed by atoms with Gasteiger partial charge in [-0.25, -0.2) is 14.6 Å². The number of hydrogen-bond acceptors (Lipinski definition) is 9. The Kier molecular flexibility index (Phi) is 9.08. The second-order valence-corrected chi connectivity index (χ2v) is 16.4. The van der Waals surface area contributed by atoms with Gasteiger partial charge in [-0.15, -0.1) is 0 Å². The number of nitrogens with zero attached hydrogens (tertiary/aromatic N) is 4. The van der Waals surface area contributed by atoms with Gasteiger partial charge in [0.25, 0.3) is 0 Å². The van der Waals surface area contributed by atoms with E-state index in [-0.39, 0.29) is 40.1 Å². The van der Waals surface area contributed by atoms with Crippen molar-refractivity contribution in [2.24, 2.45) is 16.2 Å². The Bertz CT molecular complexity index is 1760. The molecule has 2 aromatic heterocycles. The molecule has 50 heavy (non-hydrogen) atoms. The van der Waals surface area contributed by atoms with Crippen molar-refractivity contribution in [1.82, 2.24) is 14.8 Å². The molecule has 10 heteroatoms. The molecule has 2 unspecified atom stereocenters. The summed E-state index contributed by atoms with van der Waals surface area (Å²) in [6.45, 7) is 11.7. The fourth-order valence-electron chi connectivity index (χ4n) is 11.1. The zero-order valence-corrected chi connectivity index (χ0v) is 30.3. The van der Waals surface area contributed by atoms with Crippen LogP contribution in [0.25, 0.3) is 11.1 Å². The Morgan fingerprint density at radius 1 is 0.960 bits per heavy atom. The lowest BCUT2D eigenvalue weighted by molar-refractivity contribution is -0.250. The van der Waals surface area contributed by atoms with Crippen molar-refractivity contribution in [3.8, 4) is 11.1 Å². The molecule has 3 heterocycles. The third-order valence-corrected chi connectivity index (χ3v) is 11.8. The summed E-state index contributed by atoms with van der Waals surface area (Å²) < 4.78 is 19.5. The predicted molar refractivity (Wildman–Crippen MR) is 190 cm³/mol. The monoisotopic (exact) mass is 684 g/mol. The van der Waals surface area contributed by atoms with Gasteiger partial charge < -0.3 is 24.2 Å². The number of pyridine rings is 1. The maximum atomic E-state index is 13.7. The molecule has 4 aliphatic carbocycles. The molecular weight excluding hydrogens is 632 g/mol. The lowest BCUT2D eigenvalue weighted by atomic mass is 9.39. The number of unbranched alkanes of at least 4 members (excludes halogenated alkanes) is 1. The first kappa shape index (κ1) is 34.7. The molecule has 1 aromatic carbocycles. The van der Waals surface area contributed by atoms with Crippen molar-refractivity contribution in [1.29, 1.82) is 0 Å². The first-order valence-corrected chi connectivity index (χ1v) is 18.3. The predicted octanol–water partition coefficient (Wildman–Crippen LogP) is 6.69.